The molecule has 1 aliphatic rings. The molecule has 0 spiro atoms. The summed E-state index contributed by atoms with van der Waals surface area (Å²) in [5.74, 6) is 0.780. The van der Waals surface area contributed by atoms with Crippen LogP contribution < -0.4 is 16.2 Å². The fraction of sp³-hybridized carbons (Fsp3) is 0.455. The summed E-state index contributed by atoms with van der Waals surface area (Å²) in [6.07, 6.45) is 1.08. The molecule has 82 valence electrons. The summed E-state index contributed by atoms with van der Waals surface area (Å²) in [7, 11) is 0. The average molecular weight is 224 g/mol. The third kappa shape index (κ3) is 1.74. The number of nitrogen functional groups attached to an aromatic ring is 2. The predicted octanol–water partition coefficient (Wildman–Crippen LogP) is 2.42. The molecule has 3 nitrogen and oxygen atoms in total. The van der Waals surface area contributed by atoms with Crippen molar-refractivity contribution in [3.05, 3.63) is 11.6 Å². The molecule has 0 amide bonds. The van der Waals surface area contributed by atoms with E-state index < -0.39 is 0 Å². The Bertz CT molecular complexity index is 393. The van der Waals surface area contributed by atoms with E-state index in [1.165, 1.54) is 0 Å². The molecular formula is C11H16N2OS. The number of rotatable bonds is 1. The molecule has 4 N–H and O–H groups in total. The number of hydrogen-bond donors (Lipinski definition) is 2. The molecule has 0 saturated carbocycles. The largest absolute Gasteiger partial charge is 0.489 e. The monoisotopic (exact) mass is 224 g/mol. The topological polar surface area (TPSA) is 61.3 Å². The standard InChI is InChI=1S/C11H16N2OS/c1-3-7-5-14-10-9(13)6(2)4-8(12)11(10)15-7/h4,7H,3,5,12-13H2,1-2H3. The van der Waals surface area contributed by atoms with E-state index in [1.54, 1.807) is 11.8 Å². The molecule has 0 bridgehead atoms. The van der Waals surface area contributed by atoms with Crippen LogP contribution in [0.2, 0.25) is 0 Å². The Kier molecular flexibility index (Phi) is 2.69. The molecule has 15 heavy (non-hydrogen) atoms. The van der Waals surface area contributed by atoms with Crippen molar-refractivity contribution in [2.45, 2.75) is 30.4 Å². The summed E-state index contributed by atoms with van der Waals surface area (Å²) in [6.45, 7) is 4.83. The SMILES string of the molecule is CCC1COc2c(N)c(C)cc(N)c2S1. The van der Waals surface area contributed by atoms with Gasteiger partial charge in [-0.3, -0.25) is 0 Å². The van der Waals surface area contributed by atoms with Crippen LogP contribution >= 0.6 is 11.8 Å². The summed E-state index contributed by atoms with van der Waals surface area (Å²) in [5, 5.41) is 0.488. The van der Waals surface area contributed by atoms with Crippen molar-refractivity contribution < 1.29 is 4.74 Å². The number of anilines is 2. The van der Waals surface area contributed by atoms with Crippen molar-refractivity contribution in [2.24, 2.45) is 0 Å². The first-order chi connectivity index (χ1) is 7.13. The molecule has 0 saturated heterocycles. The van der Waals surface area contributed by atoms with Gasteiger partial charge in [0.1, 0.15) is 6.61 Å². The summed E-state index contributed by atoms with van der Waals surface area (Å²) in [5.41, 5.74) is 14.4. The number of aryl methyl sites for hydroxylation is 1. The number of fused-ring (bicyclic) bond motifs is 1. The second-order valence-corrected chi connectivity index (χ2v) is 5.12. The Morgan fingerprint density at radius 2 is 2.27 bits per heavy atom. The molecule has 0 fully saturated rings. The van der Waals surface area contributed by atoms with E-state index >= 15 is 0 Å². The molecule has 1 aliphatic heterocycles. The smallest absolute Gasteiger partial charge is 0.158 e. The number of thioether (sulfide) groups is 1. The van der Waals surface area contributed by atoms with E-state index in [-0.39, 0.29) is 0 Å². The lowest BCUT2D eigenvalue weighted by Crippen LogP contribution is -2.20. The van der Waals surface area contributed by atoms with E-state index in [4.69, 9.17) is 16.2 Å². The second-order valence-electron chi connectivity index (χ2n) is 3.81. The molecule has 2 rings (SSSR count). The van der Waals surface area contributed by atoms with Crippen LogP contribution in [0.5, 0.6) is 5.75 Å². The average Bonchev–Trinajstić information content (AvgIpc) is 2.25. The molecule has 1 heterocycles. The Labute approximate surface area is 94.2 Å². The van der Waals surface area contributed by atoms with E-state index in [0.717, 1.165) is 40.6 Å². The number of hydrogen-bond acceptors (Lipinski definition) is 4. The molecule has 0 aromatic heterocycles. The number of benzene rings is 1. The minimum absolute atomic E-state index is 0.488. The zero-order valence-corrected chi connectivity index (χ0v) is 9.86. The van der Waals surface area contributed by atoms with Gasteiger partial charge in [-0.2, -0.15) is 0 Å². The van der Waals surface area contributed by atoms with E-state index in [0.29, 0.717) is 5.25 Å². The molecule has 1 unspecified atom stereocenters. The second kappa shape index (κ2) is 3.85. The van der Waals surface area contributed by atoms with Gasteiger partial charge in [-0.1, -0.05) is 6.92 Å². The van der Waals surface area contributed by atoms with Gasteiger partial charge in [-0.15, -0.1) is 11.8 Å². The lowest BCUT2D eigenvalue weighted by atomic mass is 10.1. The van der Waals surface area contributed by atoms with Crippen molar-refractivity contribution in [3.8, 4) is 5.75 Å². The summed E-state index contributed by atoms with van der Waals surface area (Å²) in [4.78, 5) is 1.01. The highest BCUT2D eigenvalue weighted by Crippen LogP contribution is 2.46. The van der Waals surface area contributed by atoms with Gasteiger partial charge in [-0.05, 0) is 25.0 Å². The maximum absolute atomic E-state index is 5.97. The van der Waals surface area contributed by atoms with Gasteiger partial charge in [0.25, 0.3) is 0 Å². The normalized spacial score (nSPS) is 19.5. The van der Waals surface area contributed by atoms with Crippen LogP contribution in [0.3, 0.4) is 0 Å². The zero-order valence-electron chi connectivity index (χ0n) is 9.04. The van der Waals surface area contributed by atoms with Crippen molar-refractivity contribution in [1.82, 2.24) is 0 Å². The Hall–Kier alpha value is -1.03. The minimum Gasteiger partial charge on any atom is -0.489 e. The molecular weight excluding hydrogens is 208 g/mol. The van der Waals surface area contributed by atoms with Crippen LogP contribution in [0.15, 0.2) is 11.0 Å². The summed E-state index contributed by atoms with van der Waals surface area (Å²) < 4.78 is 5.69. The molecule has 0 radical (unpaired) electrons. The van der Waals surface area contributed by atoms with Gasteiger partial charge in [0.2, 0.25) is 0 Å². The van der Waals surface area contributed by atoms with Gasteiger partial charge < -0.3 is 16.2 Å². The van der Waals surface area contributed by atoms with Gasteiger partial charge in [-0.25, -0.2) is 0 Å². The van der Waals surface area contributed by atoms with E-state index in [2.05, 4.69) is 6.92 Å². The van der Waals surface area contributed by atoms with Crippen LogP contribution in [-0.4, -0.2) is 11.9 Å². The van der Waals surface area contributed by atoms with E-state index in [9.17, 15) is 0 Å². The fourth-order valence-electron chi connectivity index (χ4n) is 1.65. The highest BCUT2D eigenvalue weighted by molar-refractivity contribution is 8.00. The first-order valence-electron chi connectivity index (χ1n) is 5.11. The van der Waals surface area contributed by atoms with Crippen molar-refractivity contribution in [1.29, 1.82) is 0 Å². The summed E-state index contributed by atoms with van der Waals surface area (Å²) >= 11 is 1.78. The van der Waals surface area contributed by atoms with Crippen LogP contribution in [0.1, 0.15) is 18.9 Å². The van der Waals surface area contributed by atoms with Gasteiger partial charge in [0.15, 0.2) is 5.75 Å². The Morgan fingerprint density at radius 3 is 2.93 bits per heavy atom. The quantitative estimate of drug-likeness (QED) is 0.719. The maximum Gasteiger partial charge on any atom is 0.158 e. The first-order valence-corrected chi connectivity index (χ1v) is 5.99. The molecule has 4 heteroatoms. The van der Waals surface area contributed by atoms with Crippen LogP contribution in [0, 0.1) is 6.92 Å². The lowest BCUT2D eigenvalue weighted by Gasteiger charge is -2.26. The Morgan fingerprint density at radius 1 is 1.53 bits per heavy atom. The molecule has 1 aromatic carbocycles. The zero-order chi connectivity index (χ0) is 11.0. The maximum atomic E-state index is 5.97. The predicted molar refractivity (Wildman–Crippen MR) is 65.4 cm³/mol. The van der Waals surface area contributed by atoms with Gasteiger partial charge in [0.05, 0.1) is 10.6 Å². The lowest BCUT2D eigenvalue weighted by molar-refractivity contribution is 0.302. The summed E-state index contributed by atoms with van der Waals surface area (Å²) in [6, 6.07) is 1.92. The van der Waals surface area contributed by atoms with Crippen molar-refractivity contribution >= 4 is 23.1 Å². The minimum atomic E-state index is 0.488. The number of ether oxygens (including phenoxy) is 1. The molecule has 1 aromatic rings. The molecule has 0 aliphatic carbocycles. The fourth-order valence-corrected chi connectivity index (χ4v) is 2.76. The van der Waals surface area contributed by atoms with Gasteiger partial charge >= 0.3 is 0 Å². The first kappa shape index (κ1) is 10.5. The highest BCUT2D eigenvalue weighted by Gasteiger charge is 2.24. The van der Waals surface area contributed by atoms with Crippen molar-refractivity contribution in [2.75, 3.05) is 18.1 Å². The van der Waals surface area contributed by atoms with Crippen LogP contribution in [0.4, 0.5) is 11.4 Å². The third-order valence-electron chi connectivity index (χ3n) is 2.66. The number of nitrogens with two attached hydrogens (primary N) is 2. The van der Waals surface area contributed by atoms with Gasteiger partial charge in [0, 0.05) is 10.9 Å². The van der Waals surface area contributed by atoms with Crippen molar-refractivity contribution in [3.63, 3.8) is 0 Å². The van der Waals surface area contributed by atoms with Crippen LogP contribution in [0.25, 0.3) is 0 Å². The van der Waals surface area contributed by atoms with Crippen LogP contribution in [-0.2, 0) is 0 Å². The Balaban J connectivity index is 2.47. The van der Waals surface area contributed by atoms with E-state index in [1.807, 2.05) is 13.0 Å². The third-order valence-corrected chi connectivity index (χ3v) is 4.12. The molecule has 1 atom stereocenters. The highest BCUT2D eigenvalue weighted by atomic mass is 32.2.